The lowest BCUT2D eigenvalue weighted by molar-refractivity contribution is 0.0841. The average Bonchev–Trinajstić information content (AvgIpc) is 2.90. The highest BCUT2D eigenvalue weighted by Crippen LogP contribution is 1.94. The van der Waals surface area contributed by atoms with Gasteiger partial charge in [-0.3, -0.25) is 25.4 Å². The average molecular weight is 231 g/mol. The molecule has 3 N–H and O–H groups in total. The molecule has 2 aromatic rings. The van der Waals surface area contributed by atoms with E-state index in [0.29, 0.717) is 5.56 Å². The van der Waals surface area contributed by atoms with Crippen LogP contribution < -0.4 is 10.9 Å². The first-order valence-corrected chi connectivity index (χ1v) is 4.77. The normalized spacial score (nSPS) is 9.65. The molecule has 86 valence electrons. The quantitative estimate of drug-likeness (QED) is 0.627. The van der Waals surface area contributed by atoms with Gasteiger partial charge in [0.1, 0.15) is 0 Å². The van der Waals surface area contributed by atoms with Crippen molar-refractivity contribution in [3.05, 3.63) is 48.3 Å². The molecule has 2 heterocycles. The lowest BCUT2D eigenvalue weighted by atomic mass is 10.3. The minimum atomic E-state index is -0.516. The number of carbonyl (C=O) groups excluding carboxylic acids is 2. The molecule has 0 saturated heterocycles. The Kier molecular flexibility index (Phi) is 3.10. The molecule has 7 nitrogen and oxygen atoms in total. The lowest BCUT2D eigenvalue weighted by Crippen LogP contribution is -2.42. The molecule has 0 saturated carbocycles. The van der Waals surface area contributed by atoms with Crippen LogP contribution in [0.5, 0.6) is 0 Å². The molecule has 0 aliphatic rings. The van der Waals surface area contributed by atoms with Gasteiger partial charge in [-0.25, -0.2) is 4.98 Å². The molecular formula is C10H9N5O2. The Balaban J connectivity index is 1.91. The monoisotopic (exact) mass is 231 g/mol. The number of nitrogens with one attached hydrogen (secondary N) is 3. The van der Waals surface area contributed by atoms with E-state index in [-0.39, 0.29) is 5.82 Å². The van der Waals surface area contributed by atoms with Crippen LogP contribution in [0.25, 0.3) is 0 Å². The number of amides is 2. The van der Waals surface area contributed by atoms with E-state index in [9.17, 15) is 9.59 Å². The standard InChI is InChI=1S/C10H9N5O2/c16-9(7-1-3-11-4-2-7)14-15-10(17)8-12-5-6-13-8/h1-6H,(H,12,13)(H,14,16)(H,15,17). The molecule has 2 amide bonds. The molecule has 7 heteroatoms. The number of rotatable bonds is 2. The van der Waals surface area contributed by atoms with E-state index in [1.54, 1.807) is 0 Å². The number of carbonyl (C=O) groups is 2. The first-order valence-electron chi connectivity index (χ1n) is 4.77. The van der Waals surface area contributed by atoms with Crippen LogP contribution >= 0.6 is 0 Å². The van der Waals surface area contributed by atoms with Crippen molar-refractivity contribution in [3.8, 4) is 0 Å². The predicted octanol–water partition coefficient (Wildman–Crippen LogP) is -0.121. The molecule has 0 bridgehead atoms. The smallest absolute Gasteiger partial charge is 0.305 e. The number of aromatic nitrogens is 3. The second-order valence-electron chi connectivity index (χ2n) is 3.08. The summed E-state index contributed by atoms with van der Waals surface area (Å²) in [4.78, 5) is 33.1. The van der Waals surface area contributed by atoms with Gasteiger partial charge in [-0.2, -0.15) is 0 Å². The number of imidazole rings is 1. The van der Waals surface area contributed by atoms with Crippen LogP contribution in [0.3, 0.4) is 0 Å². The minimum absolute atomic E-state index is 0.125. The van der Waals surface area contributed by atoms with E-state index in [1.807, 2.05) is 0 Å². The Bertz CT molecular complexity index is 509. The summed E-state index contributed by atoms with van der Waals surface area (Å²) in [6.45, 7) is 0. The third-order valence-electron chi connectivity index (χ3n) is 1.95. The molecule has 0 atom stereocenters. The van der Waals surface area contributed by atoms with Crippen molar-refractivity contribution in [2.24, 2.45) is 0 Å². The highest BCUT2D eigenvalue weighted by Gasteiger charge is 2.09. The summed E-state index contributed by atoms with van der Waals surface area (Å²) < 4.78 is 0. The van der Waals surface area contributed by atoms with E-state index in [2.05, 4.69) is 25.8 Å². The third kappa shape index (κ3) is 2.65. The Morgan fingerprint density at radius 1 is 1.06 bits per heavy atom. The fraction of sp³-hybridized carbons (Fsp3) is 0. The van der Waals surface area contributed by atoms with Crippen molar-refractivity contribution >= 4 is 11.8 Å². The second-order valence-corrected chi connectivity index (χ2v) is 3.08. The van der Waals surface area contributed by atoms with Gasteiger partial charge in [0.25, 0.3) is 5.91 Å². The summed E-state index contributed by atoms with van der Waals surface area (Å²) in [7, 11) is 0. The SMILES string of the molecule is O=C(NNC(=O)c1ncc[nH]1)c1ccncc1. The fourth-order valence-electron chi connectivity index (χ4n) is 1.14. The third-order valence-corrected chi connectivity index (χ3v) is 1.95. The van der Waals surface area contributed by atoms with Crippen molar-refractivity contribution in [1.82, 2.24) is 25.8 Å². The van der Waals surface area contributed by atoms with Crippen LogP contribution in [0.1, 0.15) is 21.0 Å². The van der Waals surface area contributed by atoms with Gasteiger partial charge >= 0.3 is 5.91 Å². The van der Waals surface area contributed by atoms with Gasteiger partial charge in [0.05, 0.1) is 0 Å². The molecular weight excluding hydrogens is 222 g/mol. The maximum absolute atomic E-state index is 11.5. The number of H-pyrrole nitrogens is 1. The first kappa shape index (κ1) is 10.8. The number of hydrogen-bond acceptors (Lipinski definition) is 4. The summed E-state index contributed by atoms with van der Waals surface area (Å²) in [5.41, 5.74) is 4.89. The highest BCUT2D eigenvalue weighted by atomic mass is 16.2. The van der Waals surface area contributed by atoms with E-state index in [1.165, 1.54) is 36.9 Å². The maximum Gasteiger partial charge on any atom is 0.305 e. The largest absolute Gasteiger partial charge is 0.340 e. The molecule has 0 spiro atoms. The summed E-state index contributed by atoms with van der Waals surface area (Å²) in [5, 5.41) is 0. The molecule has 0 aliphatic heterocycles. The topological polar surface area (TPSA) is 99.8 Å². The van der Waals surface area contributed by atoms with Gasteiger partial charge < -0.3 is 4.98 Å². The molecule has 0 radical (unpaired) electrons. The Morgan fingerprint density at radius 3 is 2.41 bits per heavy atom. The summed E-state index contributed by atoms with van der Waals surface area (Å²) in [6, 6.07) is 3.07. The van der Waals surface area contributed by atoms with Gasteiger partial charge in [0, 0.05) is 30.4 Å². The number of pyridine rings is 1. The minimum Gasteiger partial charge on any atom is -0.340 e. The molecule has 17 heavy (non-hydrogen) atoms. The summed E-state index contributed by atoms with van der Waals surface area (Å²) in [5.74, 6) is -0.815. The Labute approximate surface area is 96.3 Å². The molecule has 0 unspecified atom stereocenters. The Morgan fingerprint density at radius 2 is 1.76 bits per heavy atom. The van der Waals surface area contributed by atoms with Crippen molar-refractivity contribution in [3.63, 3.8) is 0 Å². The van der Waals surface area contributed by atoms with Crippen LogP contribution in [0, 0.1) is 0 Å². The van der Waals surface area contributed by atoms with Gasteiger partial charge in [-0.1, -0.05) is 0 Å². The number of hydrazine groups is 1. The van der Waals surface area contributed by atoms with Crippen molar-refractivity contribution in [2.45, 2.75) is 0 Å². The molecule has 2 rings (SSSR count). The van der Waals surface area contributed by atoms with E-state index in [4.69, 9.17) is 0 Å². The van der Waals surface area contributed by atoms with Crippen LogP contribution in [0.4, 0.5) is 0 Å². The summed E-state index contributed by atoms with van der Waals surface area (Å²) in [6.07, 6.45) is 5.94. The molecule has 0 aromatic carbocycles. The number of hydrogen-bond donors (Lipinski definition) is 3. The fourth-order valence-corrected chi connectivity index (χ4v) is 1.14. The zero-order chi connectivity index (χ0) is 12.1. The number of aromatic amines is 1. The van der Waals surface area contributed by atoms with E-state index < -0.39 is 11.8 Å². The highest BCUT2D eigenvalue weighted by molar-refractivity contribution is 5.97. The zero-order valence-electron chi connectivity index (χ0n) is 8.68. The van der Waals surface area contributed by atoms with Crippen molar-refractivity contribution in [2.75, 3.05) is 0 Å². The Hall–Kier alpha value is -2.70. The summed E-state index contributed by atoms with van der Waals surface area (Å²) >= 11 is 0. The maximum atomic E-state index is 11.5. The van der Waals surface area contributed by atoms with Gasteiger partial charge in [-0.15, -0.1) is 0 Å². The number of nitrogens with zero attached hydrogens (tertiary/aromatic N) is 2. The van der Waals surface area contributed by atoms with Crippen molar-refractivity contribution < 1.29 is 9.59 Å². The van der Waals surface area contributed by atoms with Crippen LogP contribution in [0.15, 0.2) is 36.9 Å². The molecule has 0 aliphatic carbocycles. The lowest BCUT2D eigenvalue weighted by Gasteiger charge is -2.05. The van der Waals surface area contributed by atoms with Crippen LogP contribution in [0.2, 0.25) is 0 Å². The van der Waals surface area contributed by atoms with E-state index >= 15 is 0 Å². The van der Waals surface area contributed by atoms with Gasteiger partial charge in [0.15, 0.2) is 5.82 Å². The molecule has 2 aromatic heterocycles. The predicted molar refractivity (Wildman–Crippen MR) is 57.8 cm³/mol. The van der Waals surface area contributed by atoms with Crippen molar-refractivity contribution in [1.29, 1.82) is 0 Å². The zero-order valence-corrected chi connectivity index (χ0v) is 8.68. The second kappa shape index (κ2) is 4.88. The first-order chi connectivity index (χ1) is 8.27. The van der Waals surface area contributed by atoms with Crippen LogP contribution in [-0.2, 0) is 0 Å². The molecule has 0 fully saturated rings. The van der Waals surface area contributed by atoms with Gasteiger partial charge in [-0.05, 0) is 12.1 Å². The van der Waals surface area contributed by atoms with Gasteiger partial charge in [0.2, 0.25) is 0 Å². The van der Waals surface area contributed by atoms with Crippen LogP contribution in [-0.4, -0.2) is 26.8 Å². The van der Waals surface area contributed by atoms with E-state index in [0.717, 1.165) is 0 Å².